The van der Waals surface area contributed by atoms with E-state index in [2.05, 4.69) is 10.2 Å². The van der Waals surface area contributed by atoms with Crippen LogP contribution in [0.4, 0.5) is 0 Å². The molecule has 0 radical (unpaired) electrons. The van der Waals surface area contributed by atoms with Gasteiger partial charge < -0.3 is 9.84 Å². The van der Waals surface area contributed by atoms with Crippen LogP contribution in [0.3, 0.4) is 0 Å². The molecule has 0 amide bonds. The Bertz CT molecular complexity index is 531. The Morgan fingerprint density at radius 1 is 1.39 bits per heavy atom. The summed E-state index contributed by atoms with van der Waals surface area (Å²) < 4.78 is 5.35. The Hall–Kier alpha value is -2.30. The fourth-order valence-corrected chi connectivity index (χ4v) is 1.65. The van der Waals surface area contributed by atoms with Crippen LogP contribution in [-0.4, -0.2) is 27.9 Å². The molecular weight excluding hydrogens is 232 g/mol. The third-order valence-corrected chi connectivity index (χ3v) is 2.43. The molecule has 0 spiro atoms. The highest BCUT2D eigenvalue weighted by Gasteiger charge is 2.07. The third kappa shape index (κ3) is 2.88. The number of carboxylic acids is 1. The Morgan fingerprint density at radius 3 is 2.72 bits per heavy atom. The van der Waals surface area contributed by atoms with Gasteiger partial charge in [-0.15, -0.1) is 0 Å². The molecule has 0 aliphatic rings. The van der Waals surface area contributed by atoms with Gasteiger partial charge in [-0.3, -0.25) is 9.89 Å². The molecule has 5 heteroatoms. The first kappa shape index (κ1) is 12.2. The molecule has 2 N–H and O–H groups in total. The highest BCUT2D eigenvalue weighted by molar-refractivity contribution is 5.70. The monoisotopic (exact) mass is 246 g/mol. The summed E-state index contributed by atoms with van der Waals surface area (Å²) in [7, 11) is 0. The van der Waals surface area contributed by atoms with Gasteiger partial charge in [-0.1, -0.05) is 0 Å². The average molecular weight is 246 g/mol. The smallest absolute Gasteiger partial charge is 0.309 e. The minimum Gasteiger partial charge on any atom is -0.494 e. The van der Waals surface area contributed by atoms with Gasteiger partial charge in [0.05, 0.1) is 18.7 Å². The summed E-state index contributed by atoms with van der Waals surface area (Å²) in [6.45, 7) is 2.56. The lowest BCUT2D eigenvalue weighted by Gasteiger charge is -2.02. The lowest BCUT2D eigenvalue weighted by atomic mass is 10.1. The van der Waals surface area contributed by atoms with Gasteiger partial charge in [-0.05, 0) is 37.3 Å². The van der Waals surface area contributed by atoms with E-state index in [-0.39, 0.29) is 6.42 Å². The maximum absolute atomic E-state index is 10.6. The Kier molecular flexibility index (Phi) is 3.62. The summed E-state index contributed by atoms with van der Waals surface area (Å²) in [4.78, 5) is 10.6. The normalized spacial score (nSPS) is 10.3. The van der Waals surface area contributed by atoms with Crippen molar-refractivity contribution >= 4 is 5.97 Å². The number of ether oxygens (including phenoxy) is 1. The summed E-state index contributed by atoms with van der Waals surface area (Å²) in [5.41, 5.74) is 2.24. The first-order valence-electron chi connectivity index (χ1n) is 5.68. The van der Waals surface area contributed by atoms with E-state index >= 15 is 0 Å². The Balaban J connectivity index is 2.15. The van der Waals surface area contributed by atoms with Crippen molar-refractivity contribution in [2.24, 2.45) is 0 Å². The van der Waals surface area contributed by atoms with E-state index in [9.17, 15) is 4.79 Å². The van der Waals surface area contributed by atoms with Crippen LogP contribution in [0.5, 0.6) is 5.75 Å². The minimum absolute atomic E-state index is 0.0516. The van der Waals surface area contributed by atoms with Crippen LogP contribution in [0.25, 0.3) is 11.3 Å². The van der Waals surface area contributed by atoms with Crippen LogP contribution in [-0.2, 0) is 11.2 Å². The van der Waals surface area contributed by atoms with E-state index in [4.69, 9.17) is 9.84 Å². The average Bonchev–Trinajstić information content (AvgIpc) is 2.78. The number of rotatable bonds is 5. The van der Waals surface area contributed by atoms with Crippen molar-refractivity contribution < 1.29 is 14.6 Å². The van der Waals surface area contributed by atoms with Gasteiger partial charge in [0.1, 0.15) is 5.75 Å². The molecule has 2 rings (SSSR count). The van der Waals surface area contributed by atoms with Crippen molar-refractivity contribution in [2.45, 2.75) is 13.3 Å². The highest BCUT2D eigenvalue weighted by Crippen LogP contribution is 2.21. The predicted molar refractivity (Wildman–Crippen MR) is 66.5 cm³/mol. The van der Waals surface area contributed by atoms with E-state index in [1.54, 1.807) is 6.07 Å². The molecule has 1 aromatic heterocycles. The fraction of sp³-hybridized carbons (Fsp3) is 0.231. The lowest BCUT2D eigenvalue weighted by Crippen LogP contribution is -1.99. The van der Waals surface area contributed by atoms with Crippen molar-refractivity contribution in [2.75, 3.05) is 6.61 Å². The number of carboxylic acid groups (broad SMARTS) is 1. The predicted octanol–water partition coefficient (Wildman–Crippen LogP) is 2.10. The molecule has 0 bridgehead atoms. The van der Waals surface area contributed by atoms with Crippen LogP contribution in [0.15, 0.2) is 30.3 Å². The molecule has 2 aromatic rings. The van der Waals surface area contributed by atoms with E-state index < -0.39 is 5.97 Å². The number of aromatic amines is 1. The van der Waals surface area contributed by atoms with Crippen molar-refractivity contribution in [3.8, 4) is 17.0 Å². The summed E-state index contributed by atoms with van der Waals surface area (Å²) >= 11 is 0. The Labute approximate surface area is 104 Å². The van der Waals surface area contributed by atoms with E-state index in [1.165, 1.54) is 0 Å². The third-order valence-electron chi connectivity index (χ3n) is 2.43. The molecule has 1 heterocycles. The second-order valence-electron chi connectivity index (χ2n) is 3.81. The standard InChI is InChI=1S/C13H14N2O3/c1-2-18-11-5-3-9(4-6-11)12-7-10(14-15-12)8-13(16)17/h3-7H,2,8H2,1H3,(H,14,15)(H,16,17). The molecule has 1 aromatic carbocycles. The maximum atomic E-state index is 10.6. The van der Waals surface area contributed by atoms with Gasteiger partial charge in [0.15, 0.2) is 0 Å². The summed E-state index contributed by atoms with van der Waals surface area (Å²) in [5.74, 6) is -0.0700. The molecule has 0 fully saturated rings. The largest absolute Gasteiger partial charge is 0.494 e. The van der Waals surface area contributed by atoms with Crippen molar-refractivity contribution in [3.63, 3.8) is 0 Å². The Morgan fingerprint density at radius 2 is 2.11 bits per heavy atom. The number of nitrogens with one attached hydrogen (secondary N) is 1. The second kappa shape index (κ2) is 5.35. The molecular formula is C13H14N2O3. The molecule has 0 unspecified atom stereocenters. The highest BCUT2D eigenvalue weighted by atomic mass is 16.5. The molecule has 0 saturated heterocycles. The van der Waals surface area contributed by atoms with Gasteiger partial charge in [0.2, 0.25) is 0 Å². The molecule has 94 valence electrons. The number of hydrogen-bond acceptors (Lipinski definition) is 3. The molecule has 18 heavy (non-hydrogen) atoms. The number of hydrogen-bond donors (Lipinski definition) is 2. The summed E-state index contributed by atoms with van der Waals surface area (Å²) in [5, 5.41) is 15.5. The van der Waals surface area contributed by atoms with E-state index in [0.717, 1.165) is 17.0 Å². The molecule has 0 aliphatic carbocycles. The van der Waals surface area contributed by atoms with E-state index in [0.29, 0.717) is 12.3 Å². The quantitative estimate of drug-likeness (QED) is 0.847. The molecule has 0 saturated carbocycles. The number of benzene rings is 1. The number of aromatic nitrogens is 2. The first-order chi connectivity index (χ1) is 8.69. The molecule has 0 aliphatic heterocycles. The number of carbonyl (C=O) groups is 1. The summed E-state index contributed by atoms with van der Waals surface area (Å²) in [6.07, 6.45) is -0.0516. The molecule has 0 atom stereocenters. The van der Waals surface area contributed by atoms with Gasteiger partial charge in [-0.25, -0.2) is 0 Å². The van der Waals surface area contributed by atoms with Gasteiger partial charge in [0, 0.05) is 11.3 Å². The molecule has 5 nitrogen and oxygen atoms in total. The van der Waals surface area contributed by atoms with Crippen molar-refractivity contribution in [3.05, 3.63) is 36.0 Å². The maximum Gasteiger partial charge on any atom is 0.309 e. The fourth-order valence-electron chi connectivity index (χ4n) is 1.65. The van der Waals surface area contributed by atoms with Gasteiger partial charge in [0.25, 0.3) is 0 Å². The second-order valence-corrected chi connectivity index (χ2v) is 3.81. The first-order valence-corrected chi connectivity index (χ1v) is 5.68. The van der Waals surface area contributed by atoms with Crippen LogP contribution in [0.1, 0.15) is 12.6 Å². The van der Waals surface area contributed by atoms with Crippen LogP contribution in [0, 0.1) is 0 Å². The van der Waals surface area contributed by atoms with Gasteiger partial charge in [-0.2, -0.15) is 5.10 Å². The van der Waals surface area contributed by atoms with Crippen molar-refractivity contribution in [1.82, 2.24) is 10.2 Å². The van der Waals surface area contributed by atoms with Gasteiger partial charge >= 0.3 is 5.97 Å². The number of nitrogens with zero attached hydrogens (tertiary/aromatic N) is 1. The number of H-pyrrole nitrogens is 1. The number of aliphatic carboxylic acids is 1. The lowest BCUT2D eigenvalue weighted by molar-refractivity contribution is -0.136. The van der Waals surface area contributed by atoms with E-state index in [1.807, 2.05) is 31.2 Å². The van der Waals surface area contributed by atoms with Crippen molar-refractivity contribution in [1.29, 1.82) is 0 Å². The van der Waals surface area contributed by atoms with Crippen LogP contribution < -0.4 is 4.74 Å². The summed E-state index contributed by atoms with van der Waals surface area (Å²) in [6, 6.07) is 9.26. The van der Waals surface area contributed by atoms with Crippen LogP contribution in [0.2, 0.25) is 0 Å². The zero-order valence-corrected chi connectivity index (χ0v) is 10.0. The zero-order chi connectivity index (χ0) is 13.0. The topological polar surface area (TPSA) is 75.2 Å². The van der Waals surface area contributed by atoms with Crippen LogP contribution >= 0.6 is 0 Å². The SMILES string of the molecule is CCOc1ccc(-c2cc(CC(=O)O)[nH]n2)cc1. The minimum atomic E-state index is -0.878. The zero-order valence-electron chi connectivity index (χ0n) is 10.0.